The van der Waals surface area contributed by atoms with Gasteiger partial charge in [-0.3, -0.25) is 0 Å². The summed E-state index contributed by atoms with van der Waals surface area (Å²) >= 11 is 2.36. The molecule has 0 saturated carbocycles. The van der Waals surface area contributed by atoms with Crippen molar-refractivity contribution >= 4 is 95.4 Å². The zero-order valence-corrected chi connectivity index (χ0v) is 56.1. The molecule has 4 N–H and O–H groups in total. The van der Waals surface area contributed by atoms with Crippen LogP contribution < -0.4 is 36.5 Å². The second kappa shape index (κ2) is 30.1. The number of rotatable bonds is 12. The highest BCUT2D eigenvalue weighted by molar-refractivity contribution is 14.1. The zero-order chi connectivity index (χ0) is 62.2. The number of hydrogen-bond donors (Lipinski definition) is 4. The van der Waals surface area contributed by atoms with E-state index in [9.17, 15) is 22.8 Å². The molecule has 24 heteroatoms. The first-order valence-electron chi connectivity index (χ1n) is 31.2. The van der Waals surface area contributed by atoms with E-state index in [2.05, 4.69) is 118 Å². The van der Waals surface area contributed by atoms with Gasteiger partial charge in [0.05, 0.1) is 37.6 Å². The van der Waals surface area contributed by atoms with Crippen molar-refractivity contribution < 1.29 is 51.0 Å². The number of anilines is 6. The van der Waals surface area contributed by atoms with Gasteiger partial charge in [0.25, 0.3) is 0 Å². The molecular weight excluding hydrogens is 1260 g/mol. The number of carbonyl (C=O) groups excluding carboxylic acids is 2. The van der Waals surface area contributed by atoms with E-state index in [-0.39, 0.29) is 37.1 Å². The Labute approximate surface area is 539 Å². The molecule has 7 fully saturated rings. The number of urea groups is 2. The SMILES string of the molecule is CC1(Nc2cc(I)cc(N3CCOCC3)n2)CCOCC1.CC[C@@H]1CCN(C(=O)Nc2ccc(C)c(-c3cc(NC4(C)CCOCC4)nc(N4CCOCC4)c3)c2)C1.Cc1ccc(NC(=O)N2CC[C@@H](CC(F)(F)F)C2)cc1B1OC(C)(C)C(C)(C)O1.S. The van der Waals surface area contributed by atoms with Crippen LogP contribution in [-0.4, -0.2) is 173 Å². The van der Waals surface area contributed by atoms with Crippen molar-refractivity contribution in [2.45, 2.75) is 142 Å². The van der Waals surface area contributed by atoms with Crippen LogP contribution in [0.2, 0.25) is 0 Å². The molecule has 2 aromatic carbocycles. The lowest BCUT2D eigenvalue weighted by Gasteiger charge is -2.35. The van der Waals surface area contributed by atoms with E-state index < -0.39 is 42.9 Å². The van der Waals surface area contributed by atoms with Crippen LogP contribution in [0.15, 0.2) is 60.7 Å². The van der Waals surface area contributed by atoms with Crippen molar-refractivity contribution in [1.82, 2.24) is 19.8 Å². The van der Waals surface area contributed by atoms with Crippen LogP contribution in [0.4, 0.5) is 57.4 Å². The molecule has 18 nitrogen and oxygen atoms in total. The van der Waals surface area contributed by atoms with Crippen LogP contribution in [0.1, 0.15) is 111 Å². The van der Waals surface area contributed by atoms with E-state index in [1.165, 1.54) is 8.47 Å². The fourth-order valence-electron chi connectivity index (χ4n) is 11.9. The molecule has 7 aliphatic rings. The minimum Gasteiger partial charge on any atom is -0.399 e. The quantitative estimate of drug-likeness (QED) is 0.0778. The van der Waals surface area contributed by atoms with Crippen molar-refractivity contribution in [3.8, 4) is 11.1 Å². The minimum atomic E-state index is -4.20. The number of nitrogens with one attached hydrogen (secondary N) is 4. The van der Waals surface area contributed by atoms with Gasteiger partial charge in [0.2, 0.25) is 0 Å². The summed E-state index contributed by atoms with van der Waals surface area (Å²) in [7, 11) is -0.556. The summed E-state index contributed by atoms with van der Waals surface area (Å²) in [5, 5.41) is 13.3. The molecule has 7 aliphatic heterocycles. The molecule has 9 heterocycles. The van der Waals surface area contributed by atoms with E-state index >= 15 is 0 Å². The van der Waals surface area contributed by atoms with E-state index in [0.29, 0.717) is 37.8 Å². The lowest BCUT2D eigenvalue weighted by Crippen LogP contribution is -2.41. The van der Waals surface area contributed by atoms with Crippen LogP contribution in [0.25, 0.3) is 11.1 Å². The molecule has 2 atom stereocenters. The first kappa shape index (κ1) is 69.1. The third kappa shape index (κ3) is 18.7. The second-order valence-electron chi connectivity index (χ2n) is 25.9. The van der Waals surface area contributed by atoms with Crippen molar-refractivity contribution in [1.29, 1.82) is 0 Å². The molecule has 0 aliphatic carbocycles. The minimum absolute atomic E-state index is 0. The number of likely N-dealkylation sites (tertiary alicyclic amines) is 2. The summed E-state index contributed by atoms with van der Waals surface area (Å²) in [5.41, 5.74) is 5.59. The normalized spacial score (nSPS) is 22.1. The van der Waals surface area contributed by atoms with Gasteiger partial charge in [-0.25, -0.2) is 19.6 Å². The maximum Gasteiger partial charge on any atom is 0.495 e. The molecule has 88 heavy (non-hydrogen) atoms. The number of aromatic nitrogens is 2. The van der Waals surface area contributed by atoms with Crippen LogP contribution >= 0.6 is 36.1 Å². The third-order valence-corrected chi connectivity index (χ3v) is 19.0. The Morgan fingerprint density at radius 2 is 1.07 bits per heavy atom. The number of pyridine rings is 2. The van der Waals surface area contributed by atoms with Gasteiger partial charge >= 0.3 is 25.4 Å². The number of morpholine rings is 2. The van der Waals surface area contributed by atoms with E-state index in [1.807, 2.05) is 51.7 Å². The Morgan fingerprint density at radius 3 is 1.57 bits per heavy atom. The Morgan fingerprint density at radius 1 is 0.614 bits per heavy atom. The molecule has 4 amide bonds. The van der Waals surface area contributed by atoms with Crippen LogP contribution in [-0.2, 0) is 28.3 Å². The lowest BCUT2D eigenvalue weighted by atomic mass is 9.76. The standard InChI is InChI=1S/C29H41N5O3.C20H28BF3N2O3.C15H22IN3O2.H2S/c1-4-22-7-10-34(20-22)28(35)30-24-6-5-21(2)25(19-24)23-17-26(32-29(3)8-13-36-14-9-29)31-27(18-23)33-11-15-37-16-12-33;1-13-6-7-15(10-16(13)21-28-18(2,3)19(4,5)29-21)25-17(27)26-9-8-14(12-26)11-20(22,23)24;1-15(2-6-20-7-3-15)18-13-10-12(16)11-14(17-13)19-4-8-21-9-5-19;/h5-6,17-19,22H,4,7-16,20H2,1-3H3,(H,30,35)(H,31,32);6-7,10,14H,8-9,11-12H2,1-5H3,(H,25,27);10-11H,2-9H2,1H3,(H,17,18);1H2/t22-;14-;;/m10../s1. The zero-order valence-electron chi connectivity index (χ0n) is 52.9. The molecule has 11 rings (SSSR count). The highest BCUT2D eigenvalue weighted by atomic mass is 127. The van der Waals surface area contributed by atoms with Gasteiger partial charge in [-0.1, -0.05) is 31.0 Å². The number of nitrogens with zero attached hydrogens (tertiary/aromatic N) is 6. The van der Waals surface area contributed by atoms with Crippen LogP contribution in [0, 0.1) is 29.3 Å². The summed E-state index contributed by atoms with van der Waals surface area (Å²) in [4.78, 5) is 43.3. The largest absolute Gasteiger partial charge is 0.495 e. The fraction of sp³-hybridized carbons (Fsp3) is 0.625. The van der Waals surface area contributed by atoms with Gasteiger partial charge in [-0.2, -0.15) is 26.7 Å². The lowest BCUT2D eigenvalue weighted by molar-refractivity contribution is -0.143. The molecule has 4 aromatic rings. The average molecular weight is 1360 g/mol. The summed E-state index contributed by atoms with van der Waals surface area (Å²) in [6.45, 7) is 30.4. The number of hydrogen-bond acceptors (Lipinski definition) is 14. The summed E-state index contributed by atoms with van der Waals surface area (Å²) in [6.07, 6.45) is 1.45. The Kier molecular flexibility index (Phi) is 23.6. The first-order chi connectivity index (χ1) is 41.3. The van der Waals surface area contributed by atoms with Gasteiger partial charge in [0.15, 0.2) is 0 Å². The predicted molar refractivity (Wildman–Crippen MR) is 357 cm³/mol. The van der Waals surface area contributed by atoms with Gasteiger partial charge in [-0.05, 0) is 199 Å². The maximum atomic E-state index is 12.9. The van der Waals surface area contributed by atoms with Crippen LogP contribution in [0.5, 0.6) is 0 Å². The fourth-order valence-corrected chi connectivity index (χ4v) is 12.5. The van der Waals surface area contributed by atoms with E-state index in [1.54, 1.807) is 12.1 Å². The monoisotopic (exact) mass is 1360 g/mol. The van der Waals surface area contributed by atoms with Gasteiger partial charge in [0, 0.05) is 111 Å². The molecule has 7 saturated heterocycles. The molecular formula is C64H93BF3IN10O8S. The number of halogens is 4. The molecule has 0 bridgehead atoms. The molecule has 2 aromatic heterocycles. The van der Waals surface area contributed by atoms with E-state index in [0.717, 1.165) is 174 Å². The molecule has 0 spiro atoms. The van der Waals surface area contributed by atoms with Crippen molar-refractivity contribution in [3.05, 3.63) is 75.4 Å². The van der Waals surface area contributed by atoms with Crippen molar-refractivity contribution in [3.63, 3.8) is 0 Å². The molecule has 0 unspecified atom stereocenters. The number of amides is 4. The Balaban J connectivity index is 0.000000177. The third-order valence-electron chi connectivity index (χ3n) is 18.4. The number of alkyl halides is 3. The topological polar surface area (TPSA) is 176 Å². The van der Waals surface area contributed by atoms with Gasteiger partial charge in [-0.15, -0.1) is 0 Å². The smallest absolute Gasteiger partial charge is 0.399 e. The van der Waals surface area contributed by atoms with Crippen molar-refractivity contribution in [2.75, 3.05) is 136 Å². The Bertz CT molecular complexity index is 2970. The first-order valence-corrected chi connectivity index (χ1v) is 32.2. The molecule has 0 radical (unpaired) electrons. The van der Waals surface area contributed by atoms with E-state index in [4.69, 9.17) is 38.2 Å². The van der Waals surface area contributed by atoms with Crippen molar-refractivity contribution in [2.24, 2.45) is 11.8 Å². The van der Waals surface area contributed by atoms with Crippen LogP contribution in [0.3, 0.4) is 0 Å². The highest BCUT2D eigenvalue weighted by Crippen LogP contribution is 2.38. The maximum absolute atomic E-state index is 12.9. The number of ether oxygens (including phenoxy) is 4. The number of aryl methyl sites for hydroxylation is 2. The number of benzene rings is 2. The summed E-state index contributed by atoms with van der Waals surface area (Å²) in [6, 6.07) is 19.8. The summed E-state index contributed by atoms with van der Waals surface area (Å²) in [5.74, 6) is 3.91. The summed E-state index contributed by atoms with van der Waals surface area (Å²) < 4.78 is 73.2. The van der Waals surface area contributed by atoms with Gasteiger partial charge < -0.3 is 69.1 Å². The number of carbonyl (C=O) groups is 2. The highest BCUT2D eigenvalue weighted by Gasteiger charge is 2.52. The Hall–Kier alpha value is -4.83. The predicted octanol–water partition coefficient (Wildman–Crippen LogP) is 11.9. The second-order valence-corrected chi connectivity index (χ2v) is 27.1. The molecule has 484 valence electrons. The average Bonchev–Trinajstić information content (AvgIpc) is 2.15. The van der Waals surface area contributed by atoms with Gasteiger partial charge in [0.1, 0.15) is 23.3 Å².